The van der Waals surface area contributed by atoms with Gasteiger partial charge in [0.15, 0.2) is 0 Å². The van der Waals surface area contributed by atoms with Crippen LogP contribution in [0.1, 0.15) is 45.1 Å². The molecule has 6 heteroatoms. The molecule has 1 rings (SSSR count). The standard InChI is InChI=1S/C19H27N3O3/c1-3-17(24)11-8-15-6-9-16(10-7-15)22-18(13-23)14(2)5-4-12-21-19(20)25/h6-7,9-10,14,22H,3-5,8,11-12H2,1-2H3,(H3,20,21,25). The number of nitrogens with two attached hydrogens (primary N) is 1. The van der Waals surface area contributed by atoms with Gasteiger partial charge in [-0.2, -0.15) is 0 Å². The van der Waals surface area contributed by atoms with Crippen LogP contribution in [-0.4, -0.2) is 24.3 Å². The van der Waals surface area contributed by atoms with Crippen LogP contribution in [0.3, 0.4) is 0 Å². The third-order valence-corrected chi connectivity index (χ3v) is 4.04. The molecule has 6 nitrogen and oxygen atoms in total. The summed E-state index contributed by atoms with van der Waals surface area (Å²) in [6.07, 6.45) is 3.31. The van der Waals surface area contributed by atoms with Crippen molar-refractivity contribution in [3.8, 4) is 0 Å². The Bertz CT molecular complexity index is 619. The SMILES string of the molecule is CCC(=O)CCc1ccc(NC(=C=O)C(C)CCCNC(N)=O)cc1. The number of Topliss-reactive ketones (excluding diaryl/α,β-unsaturated/α-hetero) is 1. The maximum absolute atomic E-state index is 11.4. The number of benzene rings is 1. The molecule has 0 saturated carbocycles. The number of ketones is 1. The molecule has 0 fully saturated rings. The van der Waals surface area contributed by atoms with Crippen LogP contribution in [0.2, 0.25) is 0 Å². The van der Waals surface area contributed by atoms with Crippen LogP contribution in [0.25, 0.3) is 0 Å². The molecule has 1 atom stereocenters. The lowest BCUT2D eigenvalue weighted by Gasteiger charge is -2.15. The van der Waals surface area contributed by atoms with E-state index in [2.05, 4.69) is 10.6 Å². The van der Waals surface area contributed by atoms with Gasteiger partial charge in [0, 0.05) is 31.0 Å². The fraction of sp³-hybridized carbons (Fsp3) is 0.474. The Morgan fingerprint density at radius 3 is 2.48 bits per heavy atom. The van der Waals surface area contributed by atoms with Gasteiger partial charge in [0.1, 0.15) is 17.4 Å². The van der Waals surface area contributed by atoms with Gasteiger partial charge in [0.05, 0.1) is 0 Å². The average molecular weight is 345 g/mol. The van der Waals surface area contributed by atoms with E-state index in [9.17, 15) is 14.4 Å². The summed E-state index contributed by atoms with van der Waals surface area (Å²) in [5, 5.41) is 5.62. The molecule has 0 aliphatic heterocycles. The fourth-order valence-electron chi connectivity index (χ4n) is 2.38. The van der Waals surface area contributed by atoms with Crippen molar-refractivity contribution in [2.45, 2.75) is 46.0 Å². The Hall–Kier alpha value is -2.59. The van der Waals surface area contributed by atoms with E-state index in [4.69, 9.17) is 5.73 Å². The quantitative estimate of drug-likeness (QED) is 0.424. The van der Waals surface area contributed by atoms with Crippen molar-refractivity contribution in [1.82, 2.24) is 5.32 Å². The number of primary amides is 1. The highest BCUT2D eigenvalue weighted by Gasteiger charge is 2.11. The minimum absolute atomic E-state index is 0.00553. The lowest BCUT2D eigenvalue weighted by Crippen LogP contribution is -2.30. The van der Waals surface area contributed by atoms with Gasteiger partial charge in [-0.05, 0) is 37.0 Å². The summed E-state index contributed by atoms with van der Waals surface area (Å²) < 4.78 is 0. The molecular weight excluding hydrogens is 318 g/mol. The molecule has 0 aliphatic rings. The predicted octanol–water partition coefficient (Wildman–Crippen LogP) is 2.81. The summed E-state index contributed by atoms with van der Waals surface area (Å²) >= 11 is 0. The first-order valence-electron chi connectivity index (χ1n) is 8.62. The molecule has 1 aromatic rings. The molecule has 1 aromatic carbocycles. The first-order valence-corrected chi connectivity index (χ1v) is 8.62. The Morgan fingerprint density at radius 1 is 1.24 bits per heavy atom. The van der Waals surface area contributed by atoms with E-state index in [-0.39, 0.29) is 11.7 Å². The lowest BCUT2D eigenvalue weighted by atomic mass is 10.0. The van der Waals surface area contributed by atoms with Gasteiger partial charge >= 0.3 is 6.03 Å². The van der Waals surface area contributed by atoms with Crippen molar-refractivity contribution < 1.29 is 14.4 Å². The number of hydrogen-bond acceptors (Lipinski definition) is 4. The van der Waals surface area contributed by atoms with Gasteiger partial charge in [-0.25, -0.2) is 9.59 Å². The number of hydrogen-bond donors (Lipinski definition) is 3. The van der Waals surface area contributed by atoms with Crippen molar-refractivity contribution in [2.24, 2.45) is 11.7 Å². The number of anilines is 1. The molecule has 25 heavy (non-hydrogen) atoms. The maximum Gasteiger partial charge on any atom is 0.312 e. The molecule has 2 amide bonds. The Balaban J connectivity index is 2.50. The van der Waals surface area contributed by atoms with Gasteiger partial charge < -0.3 is 16.4 Å². The monoisotopic (exact) mass is 345 g/mol. The fourth-order valence-corrected chi connectivity index (χ4v) is 2.38. The summed E-state index contributed by atoms with van der Waals surface area (Å²) in [6.45, 7) is 4.28. The van der Waals surface area contributed by atoms with E-state index in [1.807, 2.05) is 44.1 Å². The van der Waals surface area contributed by atoms with Gasteiger partial charge in [0.2, 0.25) is 0 Å². The first-order chi connectivity index (χ1) is 12.0. The number of urea groups is 1. The molecule has 0 aromatic heterocycles. The van der Waals surface area contributed by atoms with Crippen molar-refractivity contribution in [1.29, 1.82) is 0 Å². The number of amides is 2. The largest absolute Gasteiger partial charge is 0.352 e. The minimum atomic E-state index is -0.544. The Labute approximate surface area is 148 Å². The van der Waals surface area contributed by atoms with E-state index < -0.39 is 6.03 Å². The normalized spacial score (nSPS) is 11.3. The molecule has 1 unspecified atom stereocenters. The summed E-state index contributed by atoms with van der Waals surface area (Å²) in [5.74, 6) is 2.21. The number of aryl methyl sites for hydroxylation is 1. The number of nitrogens with one attached hydrogen (secondary N) is 2. The van der Waals surface area contributed by atoms with E-state index in [0.717, 1.165) is 30.5 Å². The molecule has 136 valence electrons. The maximum atomic E-state index is 11.4. The topological polar surface area (TPSA) is 101 Å². The zero-order valence-corrected chi connectivity index (χ0v) is 14.9. The van der Waals surface area contributed by atoms with E-state index in [1.54, 1.807) is 0 Å². The Morgan fingerprint density at radius 2 is 1.92 bits per heavy atom. The number of carbonyl (C=O) groups is 2. The zero-order chi connectivity index (χ0) is 18.7. The second-order valence-electron chi connectivity index (χ2n) is 6.06. The van der Waals surface area contributed by atoms with Crippen LogP contribution >= 0.6 is 0 Å². The van der Waals surface area contributed by atoms with E-state index in [0.29, 0.717) is 25.1 Å². The molecule has 0 aliphatic carbocycles. The second kappa shape index (κ2) is 11.0. The highest BCUT2D eigenvalue weighted by molar-refractivity contribution is 5.78. The number of rotatable bonds is 11. The van der Waals surface area contributed by atoms with Crippen LogP contribution in [0.15, 0.2) is 30.0 Å². The van der Waals surface area contributed by atoms with Crippen molar-refractivity contribution >= 4 is 23.4 Å². The predicted molar refractivity (Wildman–Crippen MR) is 98.9 cm³/mol. The second-order valence-corrected chi connectivity index (χ2v) is 6.06. The van der Waals surface area contributed by atoms with Crippen molar-refractivity contribution in [2.75, 3.05) is 11.9 Å². The van der Waals surface area contributed by atoms with E-state index in [1.165, 1.54) is 0 Å². The van der Waals surface area contributed by atoms with Gasteiger partial charge in [-0.1, -0.05) is 26.0 Å². The van der Waals surface area contributed by atoms with Crippen LogP contribution < -0.4 is 16.4 Å². The third-order valence-electron chi connectivity index (χ3n) is 4.04. The van der Waals surface area contributed by atoms with Crippen LogP contribution in [0.4, 0.5) is 10.5 Å². The lowest BCUT2D eigenvalue weighted by molar-refractivity contribution is -0.118. The van der Waals surface area contributed by atoms with Crippen LogP contribution in [0, 0.1) is 5.92 Å². The molecular formula is C19H27N3O3. The minimum Gasteiger partial charge on any atom is -0.352 e. The first kappa shape index (κ1) is 20.5. The molecule has 0 heterocycles. The molecule has 0 saturated heterocycles. The molecule has 0 bridgehead atoms. The molecule has 0 spiro atoms. The zero-order valence-electron chi connectivity index (χ0n) is 14.9. The van der Waals surface area contributed by atoms with Crippen molar-refractivity contribution in [3.05, 3.63) is 35.5 Å². The highest BCUT2D eigenvalue weighted by atomic mass is 16.2. The molecule has 0 radical (unpaired) electrons. The summed E-state index contributed by atoms with van der Waals surface area (Å²) in [5.41, 5.74) is 7.39. The van der Waals surface area contributed by atoms with Gasteiger partial charge in [-0.15, -0.1) is 0 Å². The Kier molecular flexibility index (Phi) is 9.04. The number of carbonyl (C=O) groups excluding carboxylic acids is 3. The summed E-state index contributed by atoms with van der Waals surface area (Å²) in [6, 6.07) is 7.15. The van der Waals surface area contributed by atoms with Crippen LogP contribution in [0.5, 0.6) is 0 Å². The molecule has 4 N–H and O–H groups in total. The smallest absolute Gasteiger partial charge is 0.312 e. The third kappa shape index (κ3) is 8.18. The number of allylic oxidation sites excluding steroid dienone is 1. The van der Waals surface area contributed by atoms with Crippen LogP contribution in [-0.2, 0) is 16.0 Å². The highest BCUT2D eigenvalue weighted by Crippen LogP contribution is 2.19. The summed E-state index contributed by atoms with van der Waals surface area (Å²) in [4.78, 5) is 33.2. The van der Waals surface area contributed by atoms with E-state index >= 15 is 0 Å². The van der Waals surface area contributed by atoms with Crippen molar-refractivity contribution in [3.63, 3.8) is 0 Å². The van der Waals surface area contributed by atoms with Gasteiger partial charge in [0.25, 0.3) is 0 Å². The summed E-state index contributed by atoms with van der Waals surface area (Å²) in [7, 11) is 0. The average Bonchev–Trinajstić information content (AvgIpc) is 2.61. The van der Waals surface area contributed by atoms with Gasteiger partial charge in [-0.3, -0.25) is 4.79 Å².